The Morgan fingerprint density at radius 2 is 1.87 bits per heavy atom. The summed E-state index contributed by atoms with van der Waals surface area (Å²) in [6, 6.07) is 3.88. The lowest BCUT2D eigenvalue weighted by atomic mass is 9.75. The van der Waals surface area contributed by atoms with Crippen molar-refractivity contribution in [3.8, 4) is 0 Å². The quantitative estimate of drug-likeness (QED) is 0.897. The number of aromatic nitrogens is 1. The van der Waals surface area contributed by atoms with Crippen LogP contribution in [0.25, 0.3) is 0 Å². The molecule has 0 bridgehead atoms. The van der Waals surface area contributed by atoms with Crippen LogP contribution >= 0.6 is 15.9 Å². The minimum atomic E-state index is -0.742. The van der Waals surface area contributed by atoms with Crippen molar-refractivity contribution in [2.75, 3.05) is 0 Å². The van der Waals surface area contributed by atoms with Crippen LogP contribution in [0.2, 0.25) is 0 Å². The summed E-state index contributed by atoms with van der Waals surface area (Å²) in [4.78, 5) is 4.27. The minimum absolute atomic E-state index is 0.151. The van der Waals surface area contributed by atoms with Gasteiger partial charge in [0.05, 0.1) is 5.60 Å². The van der Waals surface area contributed by atoms with Crippen LogP contribution in [-0.2, 0) is 6.42 Å². The molecule has 15 heavy (non-hydrogen) atoms. The van der Waals surface area contributed by atoms with Crippen molar-refractivity contribution in [2.45, 2.75) is 39.7 Å². The van der Waals surface area contributed by atoms with Gasteiger partial charge in [0.15, 0.2) is 0 Å². The van der Waals surface area contributed by atoms with E-state index in [2.05, 4.69) is 20.9 Å². The summed E-state index contributed by atoms with van der Waals surface area (Å²) in [7, 11) is 0. The average molecular weight is 272 g/mol. The number of halogens is 1. The second-order valence-corrected chi connectivity index (χ2v) is 6.08. The van der Waals surface area contributed by atoms with Gasteiger partial charge in [0.25, 0.3) is 0 Å². The summed E-state index contributed by atoms with van der Waals surface area (Å²) < 4.78 is 0.960. The van der Waals surface area contributed by atoms with Crippen molar-refractivity contribution < 1.29 is 5.11 Å². The second kappa shape index (κ2) is 4.22. The largest absolute Gasteiger partial charge is 0.389 e. The van der Waals surface area contributed by atoms with Crippen LogP contribution in [0.1, 0.15) is 33.4 Å². The minimum Gasteiger partial charge on any atom is -0.389 e. The Bertz CT molecular complexity index is 324. The molecule has 84 valence electrons. The molecule has 1 aromatic heterocycles. The van der Waals surface area contributed by atoms with Gasteiger partial charge in [-0.1, -0.05) is 20.8 Å². The van der Waals surface area contributed by atoms with E-state index in [9.17, 15) is 5.11 Å². The third-order valence-electron chi connectivity index (χ3n) is 2.93. The molecule has 2 nitrogen and oxygen atoms in total. The Morgan fingerprint density at radius 3 is 2.27 bits per heavy atom. The van der Waals surface area contributed by atoms with E-state index in [-0.39, 0.29) is 5.41 Å². The summed E-state index contributed by atoms with van der Waals surface area (Å²) in [5, 5.41) is 10.3. The van der Waals surface area contributed by atoms with Gasteiger partial charge in [0.2, 0.25) is 0 Å². The Hall–Kier alpha value is -0.410. The van der Waals surface area contributed by atoms with Crippen molar-refractivity contribution in [2.24, 2.45) is 5.41 Å². The molecule has 1 heterocycles. The molecule has 1 unspecified atom stereocenters. The third kappa shape index (κ3) is 3.28. The van der Waals surface area contributed by atoms with Crippen molar-refractivity contribution in [1.29, 1.82) is 0 Å². The van der Waals surface area contributed by atoms with E-state index in [1.165, 1.54) is 0 Å². The number of nitrogens with zero attached hydrogens (tertiary/aromatic N) is 1. The number of rotatable bonds is 2. The fraction of sp³-hybridized carbons (Fsp3) is 0.583. The van der Waals surface area contributed by atoms with Crippen LogP contribution in [-0.4, -0.2) is 15.7 Å². The SMILES string of the molecule is CC(C)(C)C(C)(O)Cc1ccc(Br)cn1. The molecule has 0 amide bonds. The zero-order valence-electron chi connectivity index (χ0n) is 9.71. The van der Waals surface area contributed by atoms with Crippen LogP contribution in [0.4, 0.5) is 0 Å². The van der Waals surface area contributed by atoms with Gasteiger partial charge < -0.3 is 5.11 Å². The van der Waals surface area contributed by atoms with E-state index in [0.29, 0.717) is 6.42 Å². The Kier molecular flexibility index (Phi) is 3.56. The summed E-state index contributed by atoms with van der Waals surface area (Å²) in [6.45, 7) is 7.96. The van der Waals surface area contributed by atoms with E-state index in [4.69, 9.17) is 0 Å². The van der Waals surface area contributed by atoms with Gasteiger partial charge in [-0.3, -0.25) is 4.98 Å². The molecule has 1 N–H and O–H groups in total. The lowest BCUT2D eigenvalue weighted by Gasteiger charge is -2.37. The van der Waals surface area contributed by atoms with Gasteiger partial charge in [-0.2, -0.15) is 0 Å². The van der Waals surface area contributed by atoms with Crippen molar-refractivity contribution in [3.05, 3.63) is 28.5 Å². The molecule has 1 rings (SSSR count). The van der Waals surface area contributed by atoms with Crippen molar-refractivity contribution in [1.82, 2.24) is 4.98 Å². The number of pyridine rings is 1. The van der Waals surface area contributed by atoms with E-state index in [1.807, 2.05) is 39.8 Å². The molecule has 0 fully saturated rings. The molecule has 0 saturated heterocycles. The first-order valence-corrected chi connectivity index (χ1v) is 5.84. The summed E-state index contributed by atoms with van der Waals surface area (Å²) in [5.41, 5.74) is 0.0217. The maximum absolute atomic E-state index is 10.3. The Labute approximate surface area is 99.9 Å². The maximum Gasteiger partial charge on any atom is 0.0722 e. The van der Waals surface area contributed by atoms with Gasteiger partial charge in [0.1, 0.15) is 0 Å². The lowest BCUT2D eigenvalue weighted by Crippen LogP contribution is -2.41. The first kappa shape index (κ1) is 12.7. The zero-order chi connectivity index (χ0) is 11.7. The number of hydrogen-bond donors (Lipinski definition) is 1. The molecule has 0 aliphatic heterocycles. The highest BCUT2D eigenvalue weighted by molar-refractivity contribution is 9.10. The summed E-state index contributed by atoms with van der Waals surface area (Å²) >= 11 is 3.34. The molecule has 0 spiro atoms. The smallest absolute Gasteiger partial charge is 0.0722 e. The zero-order valence-corrected chi connectivity index (χ0v) is 11.3. The number of hydrogen-bond acceptors (Lipinski definition) is 2. The van der Waals surface area contributed by atoms with Gasteiger partial charge in [0, 0.05) is 22.8 Å². The van der Waals surface area contributed by atoms with Gasteiger partial charge in [-0.05, 0) is 40.4 Å². The Balaban J connectivity index is 2.82. The molecule has 0 aliphatic rings. The fourth-order valence-electron chi connectivity index (χ4n) is 1.13. The first-order chi connectivity index (χ1) is 6.72. The predicted octanol–water partition coefficient (Wildman–Crippen LogP) is 3.18. The lowest BCUT2D eigenvalue weighted by molar-refractivity contribution is -0.0412. The van der Waals surface area contributed by atoms with E-state index >= 15 is 0 Å². The molecule has 0 radical (unpaired) electrons. The highest BCUT2D eigenvalue weighted by Crippen LogP contribution is 2.32. The van der Waals surface area contributed by atoms with Crippen molar-refractivity contribution >= 4 is 15.9 Å². The molecule has 0 aromatic carbocycles. The highest BCUT2D eigenvalue weighted by Gasteiger charge is 2.35. The van der Waals surface area contributed by atoms with Crippen LogP contribution in [0.15, 0.2) is 22.8 Å². The van der Waals surface area contributed by atoms with E-state index in [1.54, 1.807) is 6.20 Å². The van der Waals surface area contributed by atoms with Gasteiger partial charge >= 0.3 is 0 Å². The molecule has 0 aliphatic carbocycles. The molecular weight excluding hydrogens is 254 g/mol. The Morgan fingerprint density at radius 1 is 1.27 bits per heavy atom. The molecule has 1 atom stereocenters. The molecule has 1 aromatic rings. The summed E-state index contributed by atoms with van der Waals surface area (Å²) in [6.07, 6.45) is 2.33. The van der Waals surface area contributed by atoms with Crippen LogP contribution in [0.5, 0.6) is 0 Å². The maximum atomic E-state index is 10.3. The standard InChI is InChI=1S/C12H18BrNO/c1-11(2,3)12(4,15)7-10-6-5-9(13)8-14-10/h5-6,8,15H,7H2,1-4H3. The second-order valence-electron chi connectivity index (χ2n) is 5.17. The predicted molar refractivity (Wildman–Crippen MR) is 65.7 cm³/mol. The third-order valence-corrected chi connectivity index (χ3v) is 3.40. The average Bonchev–Trinajstić information content (AvgIpc) is 2.06. The monoisotopic (exact) mass is 271 g/mol. The van der Waals surface area contributed by atoms with E-state index < -0.39 is 5.60 Å². The van der Waals surface area contributed by atoms with Crippen LogP contribution < -0.4 is 0 Å². The van der Waals surface area contributed by atoms with Crippen LogP contribution in [0, 0.1) is 5.41 Å². The van der Waals surface area contributed by atoms with E-state index in [0.717, 1.165) is 10.2 Å². The van der Waals surface area contributed by atoms with Gasteiger partial charge in [-0.25, -0.2) is 0 Å². The molecule has 0 saturated carbocycles. The topological polar surface area (TPSA) is 33.1 Å². The van der Waals surface area contributed by atoms with Crippen LogP contribution in [0.3, 0.4) is 0 Å². The number of aliphatic hydroxyl groups is 1. The fourth-order valence-corrected chi connectivity index (χ4v) is 1.36. The normalized spacial score (nSPS) is 16.1. The van der Waals surface area contributed by atoms with Crippen molar-refractivity contribution in [3.63, 3.8) is 0 Å². The highest BCUT2D eigenvalue weighted by atomic mass is 79.9. The summed E-state index contributed by atoms with van der Waals surface area (Å²) in [5.74, 6) is 0. The van der Waals surface area contributed by atoms with Gasteiger partial charge in [-0.15, -0.1) is 0 Å². The molecular formula is C12H18BrNO. The molecule has 3 heteroatoms. The first-order valence-electron chi connectivity index (χ1n) is 5.05.